The van der Waals surface area contributed by atoms with Crippen molar-refractivity contribution < 1.29 is 4.74 Å². The number of hydrogen-bond acceptors (Lipinski definition) is 3. The van der Waals surface area contributed by atoms with E-state index in [1.165, 1.54) is 0 Å². The first kappa shape index (κ1) is 14.2. The topological polar surface area (TPSA) is 39.1 Å². The molecule has 0 aliphatic carbocycles. The van der Waals surface area contributed by atoms with Gasteiger partial charge in [-0.3, -0.25) is 0 Å². The molecule has 1 aromatic rings. The average Bonchev–Trinajstić information content (AvgIpc) is 2.68. The fraction of sp³-hybridized carbons (Fsp3) is 0.769. The minimum absolute atomic E-state index is 0.121. The Morgan fingerprint density at radius 1 is 1.35 bits per heavy atom. The molecule has 0 radical (unpaired) electrons. The molecule has 0 saturated carbocycles. The summed E-state index contributed by atoms with van der Waals surface area (Å²) in [5.41, 5.74) is 0.121. The predicted octanol–water partition coefficient (Wildman–Crippen LogP) is 2.20. The van der Waals surface area contributed by atoms with E-state index in [0.717, 1.165) is 38.5 Å². The normalized spacial score (nSPS) is 12.0. The molecule has 1 rings (SSSR count). The van der Waals surface area contributed by atoms with Crippen molar-refractivity contribution >= 4 is 0 Å². The third-order valence-electron chi connectivity index (χ3n) is 2.40. The molecule has 0 amide bonds. The Morgan fingerprint density at radius 2 is 2.12 bits per heavy atom. The van der Waals surface area contributed by atoms with E-state index in [4.69, 9.17) is 4.74 Å². The molecule has 0 spiro atoms. The van der Waals surface area contributed by atoms with Crippen LogP contribution in [0.3, 0.4) is 0 Å². The summed E-state index contributed by atoms with van der Waals surface area (Å²) in [6.07, 6.45) is 4.93. The van der Waals surface area contributed by atoms with Crippen molar-refractivity contribution in [2.45, 2.75) is 52.7 Å². The standard InChI is InChI=1S/C13H25N3O/c1-5-9-17-10-8-16-7-6-14-12(16)11-15-13(2,3)4/h6-7,15H,5,8-11H2,1-4H3. The Bertz CT molecular complexity index is 315. The fourth-order valence-electron chi connectivity index (χ4n) is 1.46. The van der Waals surface area contributed by atoms with Gasteiger partial charge < -0.3 is 14.6 Å². The van der Waals surface area contributed by atoms with E-state index < -0.39 is 0 Å². The SMILES string of the molecule is CCCOCCn1ccnc1CNC(C)(C)C. The lowest BCUT2D eigenvalue weighted by molar-refractivity contribution is 0.126. The molecule has 1 heterocycles. The molecule has 0 atom stereocenters. The van der Waals surface area contributed by atoms with Crippen molar-refractivity contribution in [3.05, 3.63) is 18.2 Å². The van der Waals surface area contributed by atoms with Crippen LogP contribution in [0.1, 0.15) is 39.9 Å². The number of hydrogen-bond donors (Lipinski definition) is 1. The lowest BCUT2D eigenvalue weighted by Crippen LogP contribution is -2.36. The van der Waals surface area contributed by atoms with Crippen LogP contribution in [0.2, 0.25) is 0 Å². The third kappa shape index (κ3) is 5.84. The Kier molecular flexibility index (Phi) is 5.65. The van der Waals surface area contributed by atoms with Crippen molar-refractivity contribution in [2.24, 2.45) is 0 Å². The summed E-state index contributed by atoms with van der Waals surface area (Å²) < 4.78 is 7.63. The minimum atomic E-state index is 0.121. The second-order valence-corrected chi connectivity index (χ2v) is 5.25. The Labute approximate surface area is 104 Å². The van der Waals surface area contributed by atoms with E-state index in [0.29, 0.717) is 0 Å². The summed E-state index contributed by atoms with van der Waals surface area (Å²) in [5.74, 6) is 1.07. The summed E-state index contributed by atoms with van der Waals surface area (Å²) in [6.45, 7) is 11.9. The first-order valence-electron chi connectivity index (χ1n) is 6.35. The lowest BCUT2D eigenvalue weighted by Gasteiger charge is -2.20. The molecule has 0 aliphatic heterocycles. The van der Waals surface area contributed by atoms with Crippen LogP contribution >= 0.6 is 0 Å². The van der Waals surface area contributed by atoms with Crippen molar-refractivity contribution in [3.8, 4) is 0 Å². The molecule has 17 heavy (non-hydrogen) atoms. The summed E-state index contributed by atoms with van der Waals surface area (Å²) >= 11 is 0. The molecule has 1 aromatic heterocycles. The number of aromatic nitrogens is 2. The quantitative estimate of drug-likeness (QED) is 0.741. The lowest BCUT2D eigenvalue weighted by atomic mass is 10.1. The predicted molar refractivity (Wildman–Crippen MR) is 69.9 cm³/mol. The van der Waals surface area contributed by atoms with Gasteiger partial charge in [-0.25, -0.2) is 4.98 Å². The number of nitrogens with zero attached hydrogens (tertiary/aromatic N) is 2. The Balaban J connectivity index is 2.37. The second-order valence-electron chi connectivity index (χ2n) is 5.25. The zero-order valence-electron chi connectivity index (χ0n) is 11.5. The molecule has 0 aliphatic rings. The van der Waals surface area contributed by atoms with Gasteiger partial charge >= 0.3 is 0 Å². The highest BCUT2D eigenvalue weighted by molar-refractivity contribution is 4.93. The average molecular weight is 239 g/mol. The zero-order chi connectivity index (χ0) is 12.7. The summed E-state index contributed by atoms with van der Waals surface area (Å²) in [7, 11) is 0. The molecular formula is C13H25N3O. The maximum atomic E-state index is 5.49. The van der Waals surface area contributed by atoms with Crippen LogP contribution in [0.25, 0.3) is 0 Å². The molecular weight excluding hydrogens is 214 g/mol. The molecule has 0 saturated heterocycles. The van der Waals surface area contributed by atoms with Crippen LogP contribution in [0, 0.1) is 0 Å². The maximum Gasteiger partial charge on any atom is 0.122 e. The summed E-state index contributed by atoms with van der Waals surface area (Å²) in [4.78, 5) is 4.36. The number of imidazole rings is 1. The van der Waals surface area contributed by atoms with Gasteiger partial charge in [0, 0.05) is 31.1 Å². The van der Waals surface area contributed by atoms with Gasteiger partial charge in [0.25, 0.3) is 0 Å². The van der Waals surface area contributed by atoms with Crippen LogP contribution in [0.5, 0.6) is 0 Å². The fourth-order valence-corrected chi connectivity index (χ4v) is 1.46. The van der Waals surface area contributed by atoms with E-state index >= 15 is 0 Å². The van der Waals surface area contributed by atoms with Crippen LogP contribution in [-0.4, -0.2) is 28.3 Å². The highest BCUT2D eigenvalue weighted by Crippen LogP contribution is 2.03. The molecule has 0 unspecified atom stereocenters. The smallest absolute Gasteiger partial charge is 0.122 e. The zero-order valence-corrected chi connectivity index (χ0v) is 11.5. The van der Waals surface area contributed by atoms with Crippen LogP contribution < -0.4 is 5.32 Å². The Morgan fingerprint density at radius 3 is 2.76 bits per heavy atom. The van der Waals surface area contributed by atoms with E-state index in [1.54, 1.807) is 0 Å². The van der Waals surface area contributed by atoms with Crippen LogP contribution in [0.4, 0.5) is 0 Å². The molecule has 4 nitrogen and oxygen atoms in total. The monoisotopic (exact) mass is 239 g/mol. The van der Waals surface area contributed by atoms with Crippen molar-refractivity contribution in [1.82, 2.24) is 14.9 Å². The summed E-state index contributed by atoms with van der Waals surface area (Å²) in [6, 6.07) is 0. The summed E-state index contributed by atoms with van der Waals surface area (Å²) in [5, 5.41) is 3.44. The highest BCUT2D eigenvalue weighted by atomic mass is 16.5. The maximum absolute atomic E-state index is 5.49. The third-order valence-corrected chi connectivity index (χ3v) is 2.40. The molecule has 4 heteroatoms. The first-order valence-corrected chi connectivity index (χ1v) is 6.35. The van der Waals surface area contributed by atoms with Crippen molar-refractivity contribution in [2.75, 3.05) is 13.2 Å². The van der Waals surface area contributed by atoms with Gasteiger partial charge in [0.1, 0.15) is 5.82 Å². The minimum Gasteiger partial charge on any atom is -0.380 e. The van der Waals surface area contributed by atoms with Crippen molar-refractivity contribution in [1.29, 1.82) is 0 Å². The van der Waals surface area contributed by atoms with E-state index in [-0.39, 0.29) is 5.54 Å². The van der Waals surface area contributed by atoms with Crippen molar-refractivity contribution in [3.63, 3.8) is 0 Å². The number of nitrogens with one attached hydrogen (secondary N) is 1. The first-order chi connectivity index (χ1) is 8.03. The van der Waals surface area contributed by atoms with Crippen LogP contribution in [-0.2, 0) is 17.8 Å². The van der Waals surface area contributed by atoms with E-state index in [9.17, 15) is 0 Å². The van der Waals surface area contributed by atoms with Gasteiger partial charge in [-0.1, -0.05) is 6.92 Å². The van der Waals surface area contributed by atoms with Crippen LogP contribution in [0.15, 0.2) is 12.4 Å². The molecule has 0 fully saturated rings. The van der Waals surface area contributed by atoms with Gasteiger partial charge in [0.15, 0.2) is 0 Å². The number of ether oxygens (including phenoxy) is 1. The largest absolute Gasteiger partial charge is 0.380 e. The second kappa shape index (κ2) is 6.77. The highest BCUT2D eigenvalue weighted by Gasteiger charge is 2.10. The molecule has 0 aromatic carbocycles. The van der Waals surface area contributed by atoms with Gasteiger partial charge in [-0.15, -0.1) is 0 Å². The van der Waals surface area contributed by atoms with Gasteiger partial charge in [0.05, 0.1) is 13.2 Å². The molecule has 98 valence electrons. The van der Waals surface area contributed by atoms with Gasteiger partial charge in [-0.05, 0) is 27.2 Å². The van der Waals surface area contributed by atoms with Gasteiger partial charge in [0.2, 0.25) is 0 Å². The molecule has 0 bridgehead atoms. The van der Waals surface area contributed by atoms with E-state index in [2.05, 4.69) is 42.6 Å². The van der Waals surface area contributed by atoms with Gasteiger partial charge in [-0.2, -0.15) is 0 Å². The Hall–Kier alpha value is -0.870. The molecule has 1 N–H and O–H groups in total. The van der Waals surface area contributed by atoms with E-state index in [1.807, 2.05) is 12.4 Å². The number of rotatable bonds is 7.